The van der Waals surface area contributed by atoms with Crippen molar-refractivity contribution in [3.63, 3.8) is 0 Å². The average molecular weight is 404 g/mol. The van der Waals surface area contributed by atoms with Gasteiger partial charge >= 0.3 is 0 Å². The molecule has 0 heterocycles. The summed E-state index contributed by atoms with van der Waals surface area (Å²) in [6, 6.07) is 18.1. The van der Waals surface area contributed by atoms with E-state index in [1.807, 2.05) is 44.2 Å². The second-order valence-corrected chi connectivity index (χ2v) is 6.90. The van der Waals surface area contributed by atoms with Crippen LogP contribution in [0.15, 0.2) is 65.7 Å². The van der Waals surface area contributed by atoms with Crippen LogP contribution in [0.1, 0.15) is 29.2 Å². The molecule has 0 unspecified atom stereocenters. The molecule has 0 saturated carbocycles. The molecule has 3 rings (SSSR count). The van der Waals surface area contributed by atoms with Gasteiger partial charge in [-0.25, -0.2) is 0 Å². The first-order valence-corrected chi connectivity index (χ1v) is 9.70. The maximum Gasteiger partial charge on any atom is 0.269 e. The standard InChI is InChI=1S/C24H24N2O4/c1-4-29-24-14-20(15-25-22-11-5-17(2)13-18(22)3)8-12-23(24)30-16-19-6-9-21(10-7-19)26(27)28/h5-15H,4,16H2,1-3H3. The second kappa shape index (κ2) is 9.69. The lowest BCUT2D eigenvalue weighted by Gasteiger charge is -2.12. The van der Waals surface area contributed by atoms with Crippen molar-refractivity contribution in [3.8, 4) is 11.5 Å². The number of hydrogen-bond donors (Lipinski definition) is 0. The van der Waals surface area contributed by atoms with E-state index in [2.05, 4.69) is 18.0 Å². The Hall–Kier alpha value is -3.67. The predicted octanol–water partition coefficient (Wildman–Crippen LogP) is 5.94. The van der Waals surface area contributed by atoms with Crippen LogP contribution in [0.25, 0.3) is 0 Å². The van der Waals surface area contributed by atoms with Gasteiger partial charge in [0.05, 0.1) is 17.2 Å². The van der Waals surface area contributed by atoms with E-state index < -0.39 is 4.92 Å². The molecule has 0 aliphatic carbocycles. The Kier molecular flexibility index (Phi) is 6.80. The highest BCUT2D eigenvalue weighted by molar-refractivity contribution is 5.83. The molecule has 0 atom stereocenters. The molecule has 0 aliphatic rings. The molecule has 6 heteroatoms. The fraction of sp³-hybridized carbons (Fsp3) is 0.208. The van der Waals surface area contributed by atoms with Crippen molar-refractivity contribution in [3.05, 3.63) is 93.0 Å². The number of nitro benzene ring substituents is 1. The molecule has 30 heavy (non-hydrogen) atoms. The highest BCUT2D eigenvalue weighted by Crippen LogP contribution is 2.29. The molecule has 0 amide bonds. The highest BCUT2D eigenvalue weighted by atomic mass is 16.6. The molecule has 0 aliphatic heterocycles. The van der Waals surface area contributed by atoms with Crippen LogP contribution in [-0.4, -0.2) is 17.7 Å². The van der Waals surface area contributed by atoms with Crippen LogP contribution >= 0.6 is 0 Å². The normalized spacial score (nSPS) is 10.9. The maximum atomic E-state index is 10.8. The summed E-state index contributed by atoms with van der Waals surface area (Å²) in [5.74, 6) is 1.24. The zero-order chi connectivity index (χ0) is 21.5. The lowest BCUT2D eigenvalue weighted by atomic mass is 10.1. The van der Waals surface area contributed by atoms with Gasteiger partial charge in [0.15, 0.2) is 11.5 Å². The van der Waals surface area contributed by atoms with Gasteiger partial charge in [-0.1, -0.05) is 17.7 Å². The second-order valence-electron chi connectivity index (χ2n) is 6.90. The van der Waals surface area contributed by atoms with Gasteiger partial charge in [-0.2, -0.15) is 0 Å². The first kappa shape index (κ1) is 21.0. The number of non-ortho nitro benzene ring substituents is 1. The minimum Gasteiger partial charge on any atom is -0.490 e. The molecule has 3 aromatic rings. The van der Waals surface area contributed by atoms with E-state index in [9.17, 15) is 10.1 Å². The summed E-state index contributed by atoms with van der Waals surface area (Å²) in [6.45, 7) is 6.81. The third-order valence-electron chi connectivity index (χ3n) is 4.51. The molecule has 0 N–H and O–H groups in total. The Morgan fingerprint density at radius 1 is 0.967 bits per heavy atom. The lowest BCUT2D eigenvalue weighted by molar-refractivity contribution is -0.384. The lowest BCUT2D eigenvalue weighted by Crippen LogP contribution is -2.00. The van der Waals surface area contributed by atoms with E-state index in [4.69, 9.17) is 9.47 Å². The smallest absolute Gasteiger partial charge is 0.269 e. The molecule has 0 aromatic heterocycles. The Labute approximate surface area is 176 Å². The van der Waals surface area contributed by atoms with E-state index in [0.717, 1.165) is 22.4 Å². The van der Waals surface area contributed by atoms with Crippen LogP contribution in [0.2, 0.25) is 0 Å². The number of nitro groups is 1. The van der Waals surface area contributed by atoms with Crippen molar-refractivity contribution in [2.75, 3.05) is 6.61 Å². The molecule has 0 fully saturated rings. The van der Waals surface area contributed by atoms with Crippen LogP contribution in [0.3, 0.4) is 0 Å². The van der Waals surface area contributed by atoms with Crippen molar-refractivity contribution in [2.24, 2.45) is 4.99 Å². The highest BCUT2D eigenvalue weighted by Gasteiger charge is 2.08. The molecule has 3 aromatic carbocycles. The summed E-state index contributed by atoms with van der Waals surface area (Å²) >= 11 is 0. The average Bonchev–Trinajstić information content (AvgIpc) is 2.73. The van der Waals surface area contributed by atoms with Crippen molar-refractivity contribution in [1.29, 1.82) is 0 Å². The minimum absolute atomic E-state index is 0.0567. The van der Waals surface area contributed by atoms with Crippen LogP contribution < -0.4 is 9.47 Å². The van der Waals surface area contributed by atoms with Crippen molar-refractivity contribution < 1.29 is 14.4 Å². The maximum absolute atomic E-state index is 10.8. The topological polar surface area (TPSA) is 74.0 Å². The molecular formula is C24H24N2O4. The third kappa shape index (κ3) is 5.44. The van der Waals surface area contributed by atoms with Crippen molar-refractivity contribution >= 4 is 17.6 Å². The predicted molar refractivity (Wildman–Crippen MR) is 118 cm³/mol. The summed E-state index contributed by atoms with van der Waals surface area (Å²) in [5, 5.41) is 10.8. The molecule has 0 radical (unpaired) electrons. The number of benzene rings is 3. The summed E-state index contributed by atoms with van der Waals surface area (Å²) in [5.41, 5.74) is 5.06. The molecule has 0 bridgehead atoms. The van der Waals surface area contributed by atoms with Gasteiger partial charge in [-0.05, 0) is 73.9 Å². The number of hydrogen-bond acceptors (Lipinski definition) is 5. The summed E-state index contributed by atoms with van der Waals surface area (Å²) in [7, 11) is 0. The van der Waals surface area contributed by atoms with Crippen LogP contribution in [-0.2, 0) is 6.61 Å². The Bertz CT molecular complexity index is 1060. The largest absolute Gasteiger partial charge is 0.490 e. The minimum atomic E-state index is -0.420. The van der Waals surface area contributed by atoms with E-state index in [1.54, 1.807) is 18.3 Å². The van der Waals surface area contributed by atoms with Gasteiger partial charge in [-0.3, -0.25) is 15.1 Å². The molecular weight excluding hydrogens is 380 g/mol. The van der Waals surface area contributed by atoms with E-state index in [-0.39, 0.29) is 12.3 Å². The van der Waals surface area contributed by atoms with Crippen molar-refractivity contribution in [1.82, 2.24) is 0 Å². The van der Waals surface area contributed by atoms with E-state index in [1.165, 1.54) is 17.7 Å². The molecule has 6 nitrogen and oxygen atoms in total. The number of aliphatic imine (C=N–C) groups is 1. The first-order valence-electron chi connectivity index (χ1n) is 9.70. The van der Waals surface area contributed by atoms with Crippen molar-refractivity contribution in [2.45, 2.75) is 27.4 Å². The molecule has 0 saturated heterocycles. The van der Waals surface area contributed by atoms with E-state index >= 15 is 0 Å². The number of nitrogens with zero attached hydrogens (tertiary/aromatic N) is 2. The summed E-state index contributed by atoms with van der Waals surface area (Å²) in [6.07, 6.45) is 1.81. The third-order valence-corrected chi connectivity index (χ3v) is 4.51. The van der Waals surface area contributed by atoms with Gasteiger partial charge < -0.3 is 9.47 Å². The molecule has 154 valence electrons. The Morgan fingerprint density at radius 2 is 1.73 bits per heavy atom. The van der Waals surface area contributed by atoms with Gasteiger partial charge in [0.25, 0.3) is 5.69 Å². The van der Waals surface area contributed by atoms with Crippen LogP contribution in [0.4, 0.5) is 11.4 Å². The zero-order valence-corrected chi connectivity index (χ0v) is 17.3. The summed E-state index contributed by atoms with van der Waals surface area (Å²) < 4.78 is 11.6. The number of aryl methyl sites for hydroxylation is 2. The van der Waals surface area contributed by atoms with E-state index in [0.29, 0.717) is 18.1 Å². The SMILES string of the molecule is CCOc1cc(C=Nc2ccc(C)cc2C)ccc1OCc1ccc([N+](=O)[O-])cc1. The Balaban J connectivity index is 1.74. The fourth-order valence-corrected chi connectivity index (χ4v) is 2.96. The summed E-state index contributed by atoms with van der Waals surface area (Å²) in [4.78, 5) is 14.9. The van der Waals surface area contributed by atoms with Crippen LogP contribution in [0.5, 0.6) is 11.5 Å². The van der Waals surface area contributed by atoms with Crippen LogP contribution in [0, 0.1) is 24.0 Å². The number of ether oxygens (including phenoxy) is 2. The van der Waals surface area contributed by atoms with Gasteiger partial charge in [0, 0.05) is 18.3 Å². The fourth-order valence-electron chi connectivity index (χ4n) is 2.96. The first-order chi connectivity index (χ1) is 14.5. The zero-order valence-electron chi connectivity index (χ0n) is 17.3. The number of rotatable bonds is 8. The quantitative estimate of drug-likeness (QED) is 0.264. The van der Waals surface area contributed by atoms with Gasteiger partial charge in [0.1, 0.15) is 6.61 Å². The Morgan fingerprint density at radius 3 is 2.40 bits per heavy atom. The van der Waals surface area contributed by atoms with Gasteiger partial charge in [-0.15, -0.1) is 0 Å². The monoisotopic (exact) mass is 404 g/mol. The molecule has 0 spiro atoms. The van der Waals surface area contributed by atoms with Gasteiger partial charge in [0.2, 0.25) is 0 Å².